The van der Waals surface area contributed by atoms with Crippen LogP contribution in [0.15, 0.2) is 0 Å². The van der Waals surface area contributed by atoms with Crippen molar-refractivity contribution in [3.05, 3.63) is 0 Å². The number of ether oxygens (including phenoxy) is 1. The molecular formula is C13H18BrNO6S. The molecule has 0 radical (unpaired) electrons. The van der Waals surface area contributed by atoms with Crippen LogP contribution in [0, 0.1) is 0 Å². The number of aliphatic hydroxyl groups excluding tert-OH is 1. The van der Waals surface area contributed by atoms with Crippen LogP contribution >= 0.6 is 27.7 Å². The van der Waals surface area contributed by atoms with Crippen molar-refractivity contribution < 1.29 is 29.3 Å². The molecule has 2 saturated heterocycles. The predicted molar refractivity (Wildman–Crippen MR) is 82.6 cm³/mol. The third-order valence-electron chi connectivity index (χ3n) is 3.73. The molecule has 2 aliphatic rings. The summed E-state index contributed by atoms with van der Waals surface area (Å²) in [6, 6.07) is -1.01. The van der Waals surface area contributed by atoms with Gasteiger partial charge < -0.3 is 19.8 Å². The standard InChI is InChI=1S/C13H18BrNO6S/c1-5(2)21-9(19)7(16)13(14)10(20)15-6(8(17)18)12(3,4)22-11(13)15/h5-7,11,16H,1-4H3,(H,17,18)/t6-,7?,11+,13?/m0/s1. The number of halogens is 1. The molecule has 2 heterocycles. The molecule has 0 aromatic heterocycles. The minimum atomic E-state index is -1.69. The number of amides is 1. The Kier molecular flexibility index (Phi) is 4.29. The van der Waals surface area contributed by atoms with Gasteiger partial charge in [-0.2, -0.15) is 0 Å². The van der Waals surface area contributed by atoms with E-state index in [4.69, 9.17) is 4.74 Å². The zero-order valence-corrected chi connectivity index (χ0v) is 15.0. The first-order valence-corrected chi connectivity index (χ1v) is 8.42. The fraction of sp³-hybridized carbons (Fsp3) is 0.769. The zero-order valence-electron chi connectivity index (χ0n) is 12.6. The zero-order chi connectivity index (χ0) is 17.0. The highest BCUT2D eigenvalue weighted by Crippen LogP contribution is 2.59. The van der Waals surface area contributed by atoms with E-state index in [2.05, 4.69) is 15.9 Å². The van der Waals surface area contributed by atoms with Gasteiger partial charge in [0.25, 0.3) is 0 Å². The largest absolute Gasteiger partial charge is 0.480 e. The minimum Gasteiger partial charge on any atom is -0.480 e. The van der Waals surface area contributed by atoms with E-state index < -0.39 is 50.5 Å². The lowest BCUT2D eigenvalue weighted by atomic mass is 9.87. The van der Waals surface area contributed by atoms with E-state index in [1.165, 1.54) is 16.7 Å². The van der Waals surface area contributed by atoms with Gasteiger partial charge in [-0.15, -0.1) is 11.8 Å². The van der Waals surface area contributed by atoms with Crippen molar-refractivity contribution in [1.29, 1.82) is 0 Å². The Bertz CT molecular complexity index is 539. The van der Waals surface area contributed by atoms with Crippen molar-refractivity contribution in [3.63, 3.8) is 0 Å². The van der Waals surface area contributed by atoms with Crippen molar-refractivity contribution in [2.24, 2.45) is 0 Å². The average molecular weight is 396 g/mol. The third-order valence-corrected chi connectivity index (χ3v) is 6.90. The summed E-state index contributed by atoms with van der Waals surface area (Å²) in [6.07, 6.45) is -2.12. The van der Waals surface area contributed by atoms with Gasteiger partial charge in [0.15, 0.2) is 10.4 Å². The van der Waals surface area contributed by atoms with Crippen molar-refractivity contribution in [2.45, 2.75) is 60.4 Å². The molecule has 0 aliphatic carbocycles. The number of aliphatic carboxylic acids is 1. The molecule has 0 spiro atoms. The van der Waals surface area contributed by atoms with Crippen LogP contribution in [0.3, 0.4) is 0 Å². The number of β-lactam (4-membered cyclic amide) rings is 1. The summed E-state index contributed by atoms with van der Waals surface area (Å²) in [5.41, 5.74) is 0. The molecule has 0 aromatic carbocycles. The number of hydrogen-bond acceptors (Lipinski definition) is 6. The molecule has 2 N–H and O–H groups in total. The summed E-state index contributed by atoms with van der Waals surface area (Å²) >= 11 is 4.41. The minimum absolute atomic E-state index is 0.427. The summed E-state index contributed by atoms with van der Waals surface area (Å²) in [7, 11) is 0. The van der Waals surface area contributed by atoms with E-state index in [9.17, 15) is 24.6 Å². The van der Waals surface area contributed by atoms with Crippen LogP contribution in [0.2, 0.25) is 0 Å². The van der Waals surface area contributed by atoms with Crippen LogP contribution in [0.4, 0.5) is 0 Å². The van der Waals surface area contributed by atoms with Gasteiger partial charge in [-0.3, -0.25) is 4.79 Å². The number of thioether (sulfide) groups is 1. The second kappa shape index (κ2) is 5.38. The highest BCUT2D eigenvalue weighted by atomic mass is 79.9. The molecule has 22 heavy (non-hydrogen) atoms. The Hall–Kier alpha value is -0.800. The average Bonchev–Trinajstić information content (AvgIpc) is 2.65. The van der Waals surface area contributed by atoms with Gasteiger partial charge >= 0.3 is 11.9 Å². The van der Waals surface area contributed by atoms with E-state index in [0.717, 1.165) is 0 Å². The summed E-state index contributed by atoms with van der Waals surface area (Å²) in [4.78, 5) is 37.0. The highest BCUT2D eigenvalue weighted by molar-refractivity contribution is 9.10. The van der Waals surface area contributed by atoms with Gasteiger partial charge in [-0.25, -0.2) is 9.59 Å². The molecule has 0 aromatic rings. The number of carboxylic acid groups (broad SMARTS) is 1. The monoisotopic (exact) mass is 395 g/mol. The van der Waals surface area contributed by atoms with Gasteiger partial charge in [-0.05, 0) is 27.7 Å². The van der Waals surface area contributed by atoms with E-state index in [-0.39, 0.29) is 0 Å². The first-order chi connectivity index (χ1) is 9.94. The van der Waals surface area contributed by atoms with Crippen molar-refractivity contribution in [1.82, 2.24) is 4.90 Å². The van der Waals surface area contributed by atoms with Gasteiger partial charge in [0.05, 0.1) is 6.10 Å². The quantitative estimate of drug-likeness (QED) is 0.407. The second-order valence-corrected chi connectivity index (χ2v) is 9.23. The van der Waals surface area contributed by atoms with Crippen molar-refractivity contribution >= 4 is 45.5 Å². The number of nitrogens with zero attached hydrogens (tertiary/aromatic N) is 1. The van der Waals surface area contributed by atoms with Crippen molar-refractivity contribution in [2.75, 3.05) is 0 Å². The number of rotatable bonds is 4. The molecule has 4 atom stereocenters. The lowest BCUT2D eigenvalue weighted by Gasteiger charge is -2.50. The predicted octanol–water partition coefficient (Wildman–Crippen LogP) is 0.580. The number of hydrogen-bond donors (Lipinski definition) is 2. The summed E-state index contributed by atoms with van der Waals surface area (Å²) in [5, 5.41) is 18.9. The number of esters is 1. The lowest BCUT2D eigenvalue weighted by molar-refractivity contribution is -0.174. The maximum atomic E-state index is 12.4. The Morgan fingerprint density at radius 1 is 1.41 bits per heavy atom. The van der Waals surface area contributed by atoms with Gasteiger partial charge in [-0.1, -0.05) is 15.9 Å². The first kappa shape index (κ1) is 17.6. The van der Waals surface area contributed by atoms with Crippen LogP contribution in [0.5, 0.6) is 0 Å². The third kappa shape index (κ3) is 2.33. The normalized spacial score (nSPS) is 34.1. The SMILES string of the molecule is CC(C)OC(=O)C(O)C1(Br)C(=O)N2[C@@H](C(=O)O)C(C)(C)S[C@@H]21. The van der Waals surface area contributed by atoms with E-state index in [1.807, 2.05) is 0 Å². The van der Waals surface area contributed by atoms with Crippen LogP contribution in [0.1, 0.15) is 27.7 Å². The van der Waals surface area contributed by atoms with E-state index in [0.29, 0.717) is 0 Å². The summed E-state index contributed by atoms with van der Waals surface area (Å²) < 4.78 is 2.66. The first-order valence-electron chi connectivity index (χ1n) is 6.75. The number of carboxylic acids is 1. The van der Waals surface area contributed by atoms with Gasteiger partial charge in [0.1, 0.15) is 11.4 Å². The summed E-state index contributed by atoms with van der Waals surface area (Å²) in [6.45, 7) is 6.70. The van der Waals surface area contributed by atoms with Crippen LogP contribution < -0.4 is 0 Å². The molecule has 0 saturated carbocycles. The molecule has 124 valence electrons. The molecule has 7 nitrogen and oxygen atoms in total. The molecule has 2 aliphatic heterocycles. The number of carbonyl (C=O) groups is 3. The molecule has 2 fully saturated rings. The molecular weight excluding hydrogens is 378 g/mol. The lowest BCUT2D eigenvalue weighted by Crippen LogP contribution is -2.75. The van der Waals surface area contributed by atoms with Crippen LogP contribution in [-0.2, 0) is 19.1 Å². The topological polar surface area (TPSA) is 104 Å². The Morgan fingerprint density at radius 2 is 1.95 bits per heavy atom. The van der Waals surface area contributed by atoms with Crippen molar-refractivity contribution in [3.8, 4) is 0 Å². The number of fused-ring (bicyclic) bond motifs is 1. The second-order valence-electron chi connectivity index (χ2n) is 6.18. The fourth-order valence-corrected chi connectivity index (χ4v) is 5.31. The highest BCUT2D eigenvalue weighted by Gasteiger charge is 2.74. The number of alkyl halides is 1. The fourth-order valence-electron chi connectivity index (χ4n) is 2.77. The molecule has 2 rings (SSSR count). The maximum absolute atomic E-state index is 12.4. The Morgan fingerprint density at radius 3 is 2.41 bits per heavy atom. The Labute approximate surface area is 140 Å². The molecule has 0 bridgehead atoms. The van der Waals surface area contributed by atoms with Gasteiger partial charge in [0.2, 0.25) is 5.91 Å². The Balaban J connectivity index is 2.28. The molecule has 1 amide bonds. The molecule has 2 unspecified atom stereocenters. The van der Waals surface area contributed by atoms with Gasteiger partial charge in [0, 0.05) is 4.75 Å². The van der Waals surface area contributed by atoms with E-state index in [1.54, 1.807) is 27.7 Å². The number of aliphatic hydroxyl groups is 1. The maximum Gasteiger partial charge on any atom is 0.337 e. The summed E-state index contributed by atoms with van der Waals surface area (Å²) in [5.74, 6) is -2.63. The van der Waals surface area contributed by atoms with Crippen LogP contribution in [0.25, 0.3) is 0 Å². The molecule has 9 heteroatoms. The number of carbonyl (C=O) groups excluding carboxylic acids is 2. The smallest absolute Gasteiger partial charge is 0.337 e. The van der Waals surface area contributed by atoms with E-state index >= 15 is 0 Å². The van der Waals surface area contributed by atoms with Crippen LogP contribution in [-0.4, -0.2) is 65.7 Å².